The number of nitrogens with two attached hydrogens (primary N) is 1. The standard InChI is InChI=1S/C16H17N5O2/c17-15-14-16(19-10-18-15)21(11-20-14)7-3-4-8-23-13-6-2-1-5-12(13)9-22/h1-2,5-6,9-11H,3-4,7-8H2,(H2,17,18,19). The third kappa shape index (κ3) is 3.28. The average Bonchev–Trinajstić information content (AvgIpc) is 2.99. The summed E-state index contributed by atoms with van der Waals surface area (Å²) in [6.45, 7) is 1.32. The number of imidazole rings is 1. The lowest BCUT2D eigenvalue weighted by atomic mass is 10.2. The van der Waals surface area contributed by atoms with Gasteiger partial charge < -0.3 is 15.0 Å². The van der Waals surface area contributed by atoms with Crippen molar-refractivity contribution >= 4 is 23.3 Å². The smallest absolute Gasteiger partial charge is 0.165 e. The Kier molecular flexibility index (Phi) is 4.46. The summed E-state index contributed by atoms with van der Waals surface area (Å²) in [6, 6.07) is 7.20. The molecule has 0 fully saturated rings. The van der Waals surface area contributed by atoms with E-state index in [0.717, 1.165) is 31.3 Å². The van der Waals surface area contributed by atoms with Crippen LogP contribution in [0.5, 0.6) is 5.75 Å². The van der Waals surface area contributed by atoms with Crippen LogP contribution in [0.25, 0.3) is 11.2 Å². The second-order valence-electron chi connectivity index (χ2n) is 5.08. The number of nitrogen functional groups attached to an aromatic ring is 1. The number of aldehydes is 1. The maximum atomic E-state index is 10.9. The summed E-state index contributed by atoms with van der Waals surface area (Å²) < 4.78 is 7.60. The lowest BCUT2D eigenvalue weighted by Gasteiger charge is -2.08. The molecule has 0 spiro atoms. The number of hydrogen-bond donors (Lipinski definition) is 1. The van der Waals surface area contributed by atoms with Crippen molar-refractivity contribution in [1.82, 2.24) is 19.5 Å². The average molecular weight is 311 g/mol. The molecular formula is C16H17N5O2. The molecule has 2 heterocycles. The van der Waals surface area contributed by atoms with Crippen LogP contribution in [-0.4, -0.2) is 32.4 Å². The lowest BCUT2D eigenvalue weighted by molar-refractivity contribution is 0.111. The fraction of sp³-hybridized carbons (Fsp3) is 0.250. The zero-order valence-electron chi connectivity index (χ0n) is 12.6. The number of aromatic nitrogens is 4. The van der Waals surface area contributed by atoms with E-state index in [0.29, 0.717) is 29.3 Å². The van der Waals surface area contributed by atoms with E-state index < -0.39 is 0 Å². The minimum absolute atomic E-state index is 0.391. The Morgan fingerprint density at radius 1 is 1.17 bits per heavy atom. The van der Waals surface area contributed by atoms with Gasteiger partial charge in [-0.2, -0.15) is 0 Å². The normalized spacial score (nSPS) is 10.8. The third-order valence-electron chi connectivity index (χ3n) is 3.53. The highest BCUT2D eigenvalue weighted by molar-refractivity contribution is 5.81. The molecule has 0 saturated heterocycles. The van der Waals surface area contributed by atoms with E-state index in [9.17, 15) is 4.79 Å². The van der Waals surface area contributed by atoms with Gasteiger partial charge in [0.15, 0.2) is 17.8 Å². The predicted molar refractivity (Wildman–Crippen MR) is 86.3 cm³/mol. The minimum atomic E-state index is 0.391. The molecule has 1 aromatic carbocycles. The summed E-state index contributed by atoms with van der Waals surface area (Å²) in [6.07, 6.45) is 5.72. The maximum absolute atomic E-state index is 10.9. The first-order chi connectivity index (χ1) is 11.3. The van der Waals surface area contributed by atoms with Gasteiger partial charge in [0, 0.05) is 6.54 Å². The minimum Gasteiger partial charge on any atom is -0.493 e. The van der Waals surface area contributed by atoms with Crippen LogP contribution in [0.1, 0.15) is 23.2 Å². The Bertz CT molecular complexity index is 815. The molecule has 7 heteroatoms. The van der Waals surface area contributed by atoms with E-state index in [1.54, 1.807) is 18.5 Å². The summed E-state index contributed by atoms with van der Waals surface area (Å²) in [7, 11) is 0. The highest BCUT2D eigenvalue weighted by Gasteiger charge is 2.07. The number of aryl methyl sites for hydroxylation is 1. The fourth-order valence-corrected chi connectivity index (χ4v) is 2.34. The van der Waals surface area contributed by atoms with E-state index in [1.165, 1.54) is 6.33 Å². The van der Waals surface area contributed by atoms with E-state index >= 15 is 0 Å². The van der Waals surface area contributed by atoms with Gasteiger partial charge in [-0.1, -0.05) is 12.1 Å². The molecule has 0 atom stereocenters. The van der Waals surface area contributed by atoms with E-state index in [4.69, 9.17) is 10.5 Å². The van der Waals surface area contributed by atoms with E-state index in [2.05, 4.69) is 15.0 Å². The molecule has 23 heavy (non-hydrogen) atoms. The van der Waals surface area contributed by atoms with E-state index in [1.807, 2.05) is 16.7 Å². The first-order valence-electron chi connectivity index (χ1n) is 7.38. The monoisotopic (exact) mass is 311 g/mol. The van der Waals surface area contributed by atoms with Gasteiger partial charge in [0.2, 0.25) is 0 Å². The number of anilines is 1. The molecule has 0 aliphatic carbocycles. The topological polar surface area (TPSA) is 95.9 Å². The summed E-state index contributed by atoms with van der Waals surface area (Å²) in [5.41, 5.74) is 7.70. The third-order valence-corrected chi connectivity index (χ3v) is 3.53. The number of nitrogens with zero attached hydrogens (tertiary/aromatic N) is 4. The molecule has 0 bridgehead atoms. The van der Waals surface area contributed by atoms with Crippen LogP contribution in [0.15, 0.2) is 36.9 Å². The number of benzene rings is 1. The zero-order chi connectivity index (χ0) is 16.1. The zero-order valence-corrected chi connectivity index (χ0v) is 12.6. The summed E-state index contributed by atoms with van der Waals surface area (Å²) in [5.74, 6) is 1.01. The highest BCUT2D eigenvalue weighted by atomic mass is 16.5. The van der Waals surface area contributed by atoms with E-state index in [-0.39, 0.29) is 0 Å². The molecule has 0 unspecified atom stereocenters. The molecule has 3 rings (SSSR count). The Hall–Kier alpha value is -2.96. The van der Waals surface area contributed by atoms with Gasteiger partial charge in [0.1, 0.15) is 17.6 Å². The van der Waals surface area contributed by atoms with Gasteiger partial charge in [0.25, 0.3) is 0 Å². The Morgan fingerprint density at radius 2 is 2.04 bits per heavy atom. The van der Waals surface area contributed by atoms with Crippen LogP contribution in [-0.2, 0) is 6.54 Å². The number of ether oxygens (including phenoxy) is 1. The molecule has 7 nitrogen and oxygen atoms in total. The van der Waals surface area contributed by atoms with Crippen molar-refractivity contribution in [2.75, 3.05) is 12.3 Å². The molecule has 0 aliphatic heterocycles. The van der Waals surface area contributed by atoms with Gasteiger partial charge in [0.05, 0.1) is 18.5 Å². The van der Waals surface area contributed by atoms with Crippen molar-refractivity contribution in [3.63, 3.8) is 0 Å². The number of hydrogen-bond acceptors (Lipinski definition) is 6. The van der Waals surface area contributed by atoms with Crippen LogP contribution in [0, 0.1) is 0 Å². The largest absolute Gasteiger partial charge is 0.493 e. The van der Waals surface area contributed by atoms with Gasteiger partial charge in [-0.3, -0.25) is 4.79 Å². The molecule has 0 aliphatic rings. The highest BCUT2D eigenvalue weighted by Crippen LogP contribution is 2.17. The number of carbonyl (C=O) groups excluding carboxylic acids is 1. The van der Waals surface area contributed by atoms with Gasteiger partial charge in [-0.15, -0.1) is 0 Å². The quantitative estimate of drug-likeness (QED) is 0.530. The maximum Gasteiger partial charge on any atom is 0.165 e. The molecule has 2 aromatic heterocycles. The molecule has 118 valence electrons. The van der Waals surface area contributed by atoms with Crippen LogP contribution in [0.3, 0.4) is 0 Å². The van der Waals surface area contributed by atoms with Crippen molar-refractivity contribution < 1.29 is 9.53 Å². The summed E-state index contributed by atoms with van der Waals surface area (Å²) in [4.78, 5) is 23.3. The van der Waals surface area contributed by atoms with Crippen LogP contribution in [0.2, 0.25) is 0 Å². The molecule has 0 saturated carbocycles. The first kappa shape index (κ1) is 15.0. The summed E-state index contributed by atoms with van der Waals surface area (Å²) >= 11 is 0. The Morgan fingerprint density at radius 3 is 2.91 bits per heavy atom. The summed E-state index contributed by atoms with van der Waals surface area (Å²) in [5, 5.41) is 0. The van der Waals surface area contributed by atoms with Gasteiger partial charge in [-0.25, -0.2) is 15.0 Å². The molecule has 2 N–H and O–H groups in total. The van der Waals surface area contributed by atoms with Crippen LogP contribution < -0.4 is 10.5 Å². The number of para-hydroxylation sites is 1. The van der Waals surface area contributed by atoms with Crippen molar-refractivity contribution in [3.05, 3.63) is 42.5 Å². The second kappa shape index (κ2) is 6.87. The number of fused-ring (bicyclic) bond motifs is 1. The van der Waals surface area contributed by atoms with Gasteiger partial charge in [-0.05, 0) is 25.0 Å². The number of unbranched alkanes of at least 4 members (excludes halogenated alkanes) is 1. The lowest BCUT2D eigenvalue weighted by Crippen LogP contribution is -2.03. The Labute approximate surface area is 133 Å². The first-order valence-corrected chi connectivity index (χ1v) is 7.38. The molecule has 3 aromatic rings. The second-order valence-corrected chi connectivity index (χ2v) is 5.08. The molecule has 0 amide bonds. The molecule has 0 radical (unpaired) electrons. The van der Waals surface area contributed by atoms with Crippen molar-refractivity contribution in [2.24, 2.45) is 0 Å². The predicted octanol–water partition coefficient (Wildman–Crippen LogP) is 2.08. The van der Waals surface area contributed by atoms with Crippen LogP contribution in [0.4, 0.5) is 5.82 Å². The fourth-order valence-electron chi connectivity index (χ4n) is 2.34. The SMILES string of the molecule is Nc1ncnc2c1ncn2CCCCOc1ccccc1C=O. The van der Waals surface area contributed by atoms with Crippen molar-refractivity contribution in [3.8, 4) is 5.75 Å². The van der Waals surface area contributed by atoms with Gasteiger partial charge >= 0.3 is 0 Å². The number of carbonyl (C=O) groups is 1. The Balaban J connectivity index is 1.52. The molecular weight excluding hydrogens is 294 g/mol. The van der Waals surface area contributed by atoms with Crippen molar-refractivity contribution in [1.29, 1.82) is 0 Å². The van der Waals surface area contributed by atoms with Crippen molar-refractivity contribution in [2.45, 2.75) is 19.4 Å². The van der Waals surface area contributed by atoms with Crippen LogP contribution >= 0.6 is 0 Å². The number of rotatable bonds is 7.